The maximum atomic E-state index is 13.3. The zero-order chi connectivity index (χ0) is 22.6. The van der Waals surface area contributed by atoms with Crippen molar-refractivity contribution in [1.29, 1.82) is 0 Å². The lowest BCUT2D eigenvalue weighted by molar-refractivity contribution is -0.153. The lowest BCUT2D eigenvalue weighted by atomic mass is 9.68. The first kappa shape index (κ1) is 22.6. The Morgan fingerprint density at radius 2 is 1.71 bits per heavy atom. The van der Waals surface area contributed by atoms with Crippen LogP contribution in [0.4, 0.5) is 0 Å². The number of benzene rings is 2. The van der Waals surface area contributed by atoms with E-state index >= 15 is 0 Å². The number of nitrogens with two attached hydrogens (primary N) is 1. The number of halogens is 2. The Morgan fingerprint density at radius 3 is 2.29 bits per heavy atom. The molecule has 2 aromatic rings. The minimum absolute atomic E-state index is 0.0980. The van der Waals surface area contributed by atoms with Crippen LogP contribution in [0.15, 0.2) is 48.5 Å². The second-order valence-corrected chi connectivity index (χ2v) is 10.1. The molecule has 166 valence electrons. The summed E-state index contributed by atoms with van der Waals surface area (Å²) < 4.78 is 5.89. The van der Waals surface area contributed by atoms with E-state index in [1.165, 1.54) is 0 Å². The molecule has 2 heterocycles. The van der Waals surface area contributed by atoms with Crippen LogP contribution in [-0.2, 0) is 15.1 Å². The van der Waals surface area contributed by atoms with E-state index in [0.717, 1.165) is 24.0 Å². The van der Waals surface area contributed by atoms with Crippen LogP contribution in [-0.4, -0.2) is 28.7 Å². The highest BCUT2D eigenvalue weighted by Gasteiger charge is 2.69. The number of hydrogen-bond donors (Lipinski definition) is 1. The van der Waals surface area contributed by atoms with Crippen LogP contribution in [0.25, 0.3) is 0 Å². The van der Waals surface area contributed by atoms with Gasteiger partial charge in [-0.05, 0) is 55.2 Å². The summed E-state index contributed by atoms with van der Waals surface area (Å²) in [6.07, 6.45) is 1.90. The fourth-order valence-electron chi connectivity index (χ4n) is 5.89. The third kappa shape index (κ3) is 3.48. The fraction of sp³-hybridized carbons (Fsp3) is 0.480. The van der Waals surface area contributed by atoms with Gasteiger partial charge in [-0.1, -0.05) is 74.2 Å². The predicted octanol–water partition coefficient (Wildman–Crippen LogP) is 5.71. The Balaban J connectivity index is 2.02. The fourth-order valence-corrected chi connectivity index (χ4v) is 6.21. The second-order valence-electron chi connectivity index (χ2n) is 9.21. The summed E-state index contributed by atoms with van der Waals surface area (Å²) in [7, 11) is 0. The Hall–Kier alpha value is -1.59. The number of cyclic esters (lactones) is 1. The maximum Gasteiger partial charge on any atom is 0.325 e. The number of fused-ring (bicyclic) bond motifs is 1. The first-order valence-corrected chi connectivity index (χ1v) is 11.7. The monoisotopic (exact) mass is 460 g/mol. The summed E-state index contributed by atoms with van der Waals surface area (Å²) in [6.45, 7) is 8.29. The Morgan fingerprint density at radius 1 is 1.06 bits per heavy atom. The van der Waals surface area contributed by atoms with E-state index in [-0.39, 0.29) is 23.8 Å². The number of carbonyl (C=O) groups excluding carboxylic acids is 1. The molecule has 2 aliphatic heterocycles. The summed E-state index contributed by atoms with van der Waals surface area (Å²) >= 11 is 12.6. The van der Waals surface area contributed by atoms with E-state index in [2.05, 4.69) is 18.7 Å². The molecule has 0 spiro atoms. The lowest BCUT2D eigenvalue weighted by Gasteiger charge is -2.45. The summed E-state index contributed by atoms with van der Waals surface area (Å²) in [4.78, 5) is 15.5. The van der Waals surface area contributed by atoms with Gasteiger partial charge in [0.1, 0.15) is 6.04 Å². The van der Waals surface area contributed by atoms with Crippen LogP contribution in [0.5, 0.6) is 0 Å². The van der Waals surface area contributed by atoms with E-state index < -0.39 is 17.3 Å². The van der Waals surface area contributed by atoms with Gasteiger partial charge in [-0.2, -0.15) is 0 Å². The van der Waals surface area contributed by atoms with Gasteiger partial charge in [0, 0.05) is 22.0 Å². The molecule has 31 heavy (non-hydrogen) atoms. The van der Waals surface area contributed by atoms with E-state index in [0.29, 0.717) is 10.0 Å². The van der Waals surface area contributed by atoms with E-state index in [1.807, 2.05) is 62.4 Å². The first-order valence-electron chi connectivity index (χ1n) is 11.0. The number of hydrogen-bond acceptors (Lipinski definition) is 4. The van der Waals surface area contributed by atoms with Crippen molar-refractivity contribution in [2.24, 2.45) is 11.7 Å². The van der Waals surface area contributed by atoms with Crippen LogP contribution in [0.1, 0.15) is 57.6 Å². The van der Waals surface area contributed by atoms with E-state index in [9.17, 15) is 4.79 Å². The molecule has 2 saturated heterocycles. The summed E-state index contributed by atoms with van der Waals surface area (Å²) in [5.41, 5.74) is 7.83. The van der Waals surface area contributed by atoms with Crippen molar-refractivity contribution < 1.29 is 9.53 Å². The minimum Gasteiger partial charge on any atom is -0.443 e. The molecule has 4 rings (SSSR count). The SMILES string of the molecule is CCC(CC)[C@H]1N2[C@@H](C(=O)OC2(C)C)[C@H](c2cccc(Cl)c2)[C@@]1(N)c1ccc(Cl)cc1. The van der Waals surface area contributed by atoms with Gasteiger partial charge in [0.2, 0.25) is 0 Å². The Bertz CT molecular complexity index is 974. The molecule has 0 amide bonds. The topological polar surface area (TPSA) is 55.6 Å². The van der Waals surface area contributed by atoms with Gasteiger partial charge in [-0.25, -0.2) is 4.90 Å². The molecule has 0 aromatic heterocycles. The van der Waals surface area contributed by atoms with Gasteiger partial charge in [-0.3, -0.25) is 4.79 Å². The van der Waals surface area contributed by atoms with Gasteiger partial charge >= 0.3 is 5.97 Å². The predicted molar refractivity (Wildman–Crippen MR) is 125 cm³/mol. The molecule has 2 fully saturated rings. The van der Waals surface area contributed by atoms with Crippen molar-refractivity contribution in [2.45, 2.75) is 69.8 Å². The number of nitrogens with zero attached hydrogens (tertiary/aromatic N) is 1. The molecule has 0 aliphatic carbocycles. The normalized spacial score (nSPS) is 29.9. The highest BCUT2D eigenvalue weighted by molar-refractivity contribution is 6.30. The van der Waals surface area contributed by atoms with Crippen LogP contribution in [0.3, 0.4) is 0 Å². The van der Waals surface area contributed by atoms with Crippen molar-refractivity contribution in [3.63, 3.8) is 0 Å². The van der Waals surface area contributed by atoms with Crippen molar-refractivity contribution >= 4 is 29.2 Å². The van der Waals surface area contributed by atoms with Gasteiger partial charge in [0.05, 0.1) is 5.54 Å². The second kappa shape index (κ2) is 8.08. The minimum atomic E-state index is -0.826. The smallest absolute Gasteiger partial charge is 0.325 e. The molecule has 4 nitrogen and oxygen atoms in total. The first-order chi connectivity index (χ1) is 14.6. The average Bonchev–Trinajstić information content (AvgIpc) is 3.13. The van der Waals surface area contributed by atoms with E-state index in [1.54, 1.807) is 0 Å². The molecular formula is C25H30Cl2N2O2. The molecule has 4 atom stereocenters. The molecule has 0 radical (unpaired) electrons. The molecule has 2 N–H and O–H groups in total. The van der Waals surface area contributed by atoms with Crippen LogP contribution in [0, 0.1) is 5.92 Å². The highest BCUT2D eigenvalue weighted by Crippen LogP contribution is 2.57. The summed E-state index contributed by atoms with van der Waals surface area (Å²) in [5.74, 6) is -0.263. The molecule has 2 aromatic carbocycles. The third-order valence-corrected chi connectivity index (χ3v) is 7.67. The van der Waals surface area contributed by atoms with Crippen molar-refractivity contribution in [3.8, 4) is 0 Å². The molecule has 2 aliphatic rings. The maximum absolute atomic E-state index is 13.3. The number of ether oxygens (including phenoxy) is 1. The number of carbonyl (C=O) groups is 1. The zero-order valence-electron chi connectivity index (χ0n) is 18.4. The largest absolute Gasteiger partial charge is 0.443 e. The van der Waals surface area contributed by atoms with Gasteiger partial charge in [0.15, 0.2) is 5.72 Å². The standard InChI is InChI=1S/C25H30Cl2N2O2/c1-5-15(6-2)22-25(28,17-10-12-18(26)13-11-17)20(16-8-7-9-19(27)14-16)21-23(30)31-24(3,4)29(21)22/h7-15,20-22H,5-6,28H2,1-4H3/t20-,21+,22+,25-/m0/s1. The van der Waals surface area contributed by atoms with E-state index in [4.69, 9.17) is 33.7 Å². The van der Waals surface area contributed by atoms with Crippen molar-refractivity contribution in [2.75, 3.05) is 0 Å². The molecule has 0 unspecified atom stereocenters. The van der Waals surface area contributed by atoms with Crippen LogP contribution in [0.2, 0.25) is 10.0 Å². The zero-order valence-corrected chi connectivity index (χ0v) is 20.0. The van der Waals surface area contributed by atoms with Crippen molar-refractivity contribution in [3.05, 3.63) is 69.7 Å². The lowest BCUT2D eigenvalue weighted by Crippen LogP contribution is -2.58. The third-order valence-electron chi connectivity index (χ3n) is 7.18. The van der Waals surface area contributed by atoms with Crippen LogP contribution >= 0.6 is 23.2 Å². The van der Waals surface area contributed by atoms with Gasteiger partial charge < -0.3 is 10.5 Å². The Labute approximate surface area is 194 Å². The molecule has 6 heteroatoms. The molecular weight excluding hydrogens is 431 g/mol. The van der Waals surface area contributed by atoms with Gasteiger partial charge in [-0.15, -0.1) is 0 Å². The quantitative estimate of drug-likeness (QED) is 0.580. The molecule has 0 saturated carbocycles. The number of esters is 1. The van der Waals surface area contributed by atoms with Gasteiger partial charge in [0.25, 0.3) is 0 Å². The molecule has 0 bridgehead atoms. The average molecular weight is 461 g/mol. The Kier molecular flexibility index (Phi) is 5.89. The number of rotatable bonds is 5. The summed E-state index contributed by atoms with van der Waals surface area (Å²) in [6, 6.07) is 14.9. The summed E-state index contributed by atoms with van der Waals surface area (Å²) in [5, 5.41) is 1.28. The van der Waals surface area contributed by atoms with Crippen LogP contribution < -0.4 is 5.73 Å². The van der Waals surface area contributed by atoms with Crippen molar-refractivity contribution in [1.82, 2.24) is 4.90 Å². The highest BCUT2D eigenvalue weighted by atomic mass is 35.5.